The molecule has 0 bridgehead atoms. The maximum Gasteiger partial charge on any atom is 0.185 e. The fourth-order valence-electron chi connectivity index (χ4n) is 3.70. The second kappa shape index (κ2) is 9.79. The Balaban J connectivity index is 1.39. The number of halogens is 3. The molecule has 0 amide bonds. The molecule has 4 nitrogen and oxygen atoms in total. The monoisotopic (exact) mass is 558 g/mol. The molecule has 0 atom stereocenters. The van der Waals surface area contributed by atoms with Gasteiger partial charge in [-0.2, -0.15) is 0 Å². The van der Waals surface area contributed by atoms with Gasteiger partial charge >= 0.3 is 0 Å². The molecule has 31 heavy (non-hydrogen) atoms. The first-order chi connectivity index (χ1) is 14.9. The number of anilines is 1. The van der Waals surface area contributed by atoms with E-state index >= 15 is 0 Å². The zero-order chi connectivity index (χ0) is 22.0. The molecule has 2 aromatic carbocycles. The summed E-state index contributed by atoms with van der Waals surface area (Å²) in [5, 5.41) is 4.43. The summed E-state index contributed by atoms with van der Waals surface area (Å²) >= 11 is 17.1. The van der Waals surface area contributed by atoms with Crippen LogP contribution in [0.4, 0.5) is 5.13 Å². The van der Waals surface area contributed by atoms with Crippen molar-refractivity contribution in [3.63, 3.8) is 0 Å². The lowest BCUT2D eigenvalue weighted by molar-refractivity contribution is 0.529. The zero-order valence-corrected chi connectivity index (χ0v) is 21.3. The molecule has 1 saturated heterocycles. The van der Waals surface area contributed by atoms with E-state index in [0.717, 1.165) is 22.0 Å². The van der Waals surface area contributed by atoms with Gasteiger partial charge in [0.25, 0.3) is 0 Å². The quantitative estimate of drug-likeness (QED) is 0.329. The molecule has 0 saturated carbocycles. The second-order valence-electron chi connectivity index (χ2n) is 7.56. The summed E-state index contributed by atoms with van der Waals surface area (Å²) in [4.78, 5) is 7.35. The molecule has 2 heterocycles. The van der Waals surface area contributed by atoms with Gasteiger partial charge in [-0.1, -0.05) is 57.3 Å². The van der Waals surface area contributed by atoms with Gasteiger partial charge in [-0.15, -0.1) is 11.3 Å². The second-order valence-corrected chi connectivity index (χ2v) is 12.0. The van der Waals surface area contributed by atoms with Crippen LogP contribution >= 0.6 is 50.5 Å². The Morgan fingerprint density at radius 2 is 1.71 bits per heavy atom. The molecular weight excluding hydrogens is 539 g/mol. The number of nitrogens with zero attached hydrogens (tertiary/aromatic N) is 2. The van der Waals surface area contributed by atoms with E-state index in [1.54, 1.807) is 29.5 Å². The maximum absolute atomic E-state index is 13.0. The van der Waals surface area contributed by atoms with Crippen LogP contribution in [0.5, 0.6) is 0 Å². The van der Waals surface area contributed by atoms with E-state index in [-0.39, 0.29) is 5.25 Å². The van der Waals surface area contributed by atoms with Crippen LogP contribution in [0.3, 0.4) is 0 Å². The van der Waals surface area contributed by atoms with Gasteiger partial charge in [0.2, 0.25) is 0 Å². The highest BCUT2D eigenvalue weighted by molar-refractivity contribution is 9.08. The topological polar surface area (TPSA) is 50.3 Å². The van der Waals surface area contributed by atoms with Crippen molar-refractivity contribution in [2.45, 2.75) is 34.7 Å². The molecule has 1 aliphatic rings. The smallest absolute Gasteiger partial charge is 0.185 e. The molecule has 3 aromatic rings. The van der Waals surface area contributed by atoms with Gasteiger partial charge in [-0.25, -0.2) is 13.4 Å². The van der Waals surface area contributed by atoms with E-state index in [2.05, 4.69) is 20.8 Å². The molecular formula is C22H21BrCl2N2O2S2. The summed E-state index contributed by atoms with van der Waals surface area (Å²) in [6.07, 6.45) is 1.89. The molecule has 0 unspecified atom stereocenters. The van der Waals surface area contributed by atoms with Gasteiger partial charge in [0.1, 0.15) is 0 Å². The maximum atomic E-state index is 13.0. The molecule has 0 spiro atoms. The first-order valence-corrected chi connectivity index (χ1v) is 14.2. The van der Waals surface area contributed by atoms with Crippen molar-refractivity contribution in [3.8, 4) is 0 Å². The van der Waals surface area contributed by atoms with Crippen molar-refractivity contribution >= 4 is 65.4 Å². The van der Waals surface area contributed by atoms with Gasteiger partial charge in [0.15, 0.2) is 15.0 Å². The number of alkyl halides is 1. The number of piperidine rings is 1. The van der Waals surface area contributed by atoms with E-state index in [0.29, 0.717) is 52.6 Å². The van der Waals surface area contributed by atoms with Crippen molar-refractivity contribution in [2.75, 3.05) is 18.0 Å². The Morgan fingerprint density at radius 3 is 2.35 bits per heavy atom. The SMILES string of the molecule is O=S(=O)(c1ccc(CBr)cc1)C1CCN(c2nc(Cc3ccc(Cl)c(Cl)c3)cs2)CC1. The Kier molecular flexibility index (Phi) is 7.28. The summed E-state index contributed by atoms with van der Waals surface area (Å²) in [5.74, 6) is 0. The Bertz CT molecular complexity index is 1160. The number of hydrogen-bond donors (Lipinski definition) is 0. The summed E-state index contributed by atoms with van der Waals surface area (Å²) in [7, 11) is -3.32. The van der Waals surface area contributed by atoms with Gasteiger partial charge in [-0.3, -0.25) is 0 Å². The van der Waals surface area contributed by atoms with Crippen LogP contribution in [-0.2, 0) is 21.6 Å². The van der Waals surface area contributed by atoms with Crippen LogP contribution in [0.1, 0.15) is 29.7 Å². The fraction of sp³-hybridized carbons (Fsp3) is 0.318. The normalized spacial score (nSPS) is 15.4. The number of aromatic nitrogens is 1. The lowest BCUT2D eigenvalue weighted by Gasteiger charge is -2.31. The third-order valence-electron chi connectivity index (χ3n) is 5.47. The Morgan fingerprint density at radius 1 is 1.03 bits per heavy atom. The number of rotatable bonds is 6. The molecule has 0 N–H and O–H groups in total. The third kappa shape index (κ3) is 5.28. The minimum Gasteiger partial charge on any atom is -0.348 e. The molecule has 164 valence electrons. The first kappa shape index (κ1) is 23.1. The largest absolute Gasteiger partial charge is 0.348 e. The molecule has 1 fully saturated rings. The number of thiazole rings is 1. The molecule has 9 heteroatoms. The number of hydrogen-bond acceptors (Lipinski definition) is 5. The lowest BCUT2D eigenvalue weighted by atomic mass is 10.1. The highest BCUT2D eigenvalue weighted by Gasteiger charge is 2.32. The summed E-state index contributed by atoms with van der Waals surface area (Å²) in [5.41, 5.74) is 3.09. The summed E-state index contributed by atoms with van der Waals surface area (Å²) < 4.78 is 26.1. The van der Waals surface area contributed by atoms with Crippen LogP contribution in [-0.4, -0.2) is 31.7 Å². The van der Waals surface area contributed by atoms with Crippen molar-refractivity contribution in [1.82, 2.24) is 4.98 Å². The van der Waals surface area contributed by atoms with Gasteiger partial charge < -0.3 is 4.90 Å². The fourth-order valence-corrected chi connectivity index (χ4v) is 7.00. The standard InChI is InChI=1S/C22H21BrCl2N2O2S2/c23-13-15-1-4-18(5-2-15)31(28,29)19-7-9-27(10-8-19)22-26-17(14-30-22)11-16-3-6-20(24)21(25)12-16/h1-6,12,14,19H,7-11,13H2. The van der Waals surface area contributed by atoms with E-state index in [4.69, 9.17) is 28.2 Å². The van der Waals surface area contributed by atoms with E-state index in [1.165, 1.54) is 0 Å². The van der Waals surface area contributed by atoms with Crippen LogP contribution < -0.4 is 4.90 Å². The van der Waals surface area contributed by atoms with Crippen LogP contribution in [0.2, 0.25) is 10.0 Å². The molecule has 4 rings (SSSR count). The van der Waals surface area contributed by atoms with Crippen LogP contribution in [0.15, 0.2) is 52.7 Å². The number of sulfone groups is 1. The Hall–Kier alpha value is -1.12. The predicted molar refractivity (Wildman–Crippen MR) is 133 cm³/mol. The van der Waals surface area contributed by atoms with Crippen LogP contribution in [0, 0.1) is 0 Å². The molecule has 1 aromatic heterocycles. The summed E-state index contributed by atoms with van der Waals surface area (Å²) in [6.45, 7) is 1.37. The van der Waals surface area contributed by atoms with E-state index in [9.17, 15) is 8.42 Å². The van der Waals surface area contributed by atoms with Crippen molar-refractivity contribution in [1.29, 1.82) is 0 Å². The molecule has 1 aliphatic heterocycles. The zero-order valence-electron chi connectivity index (χ0n) is 16.6. The number of benzene rings is 2. The average molecular weight is 560 g/mol. The molecule has 0 aliphatic carbocycles. The third-order valence-corrected chi connectivity index (χ3v) is 10.1. The first-order valence-electron chi connectivity index (χ1n) is 9.89. The summed E-state index contributed by atoms with van der Waals surface area (Å²) in [6, 6.07) is 12.8. The minimum absolute atomic E-state index is 0.353. The van der Waals surface area contributed by atoms with Crippen molar-refractivity contribution in [2.24, 2.45) is 0 Å². The lowest BCUT2D eigenvalue weighted by Crippen LogP contribution is -2.39. The van der Waals surface area contributed by atoms with Gasteiger partial charge in [0.05, 0.1) is 25.9 Å². The highest BCUT2D eigenvalue weighted by Crippen LogP contribution is 2.30. The van der Waals surface area contributed by atoms with Gasteiger partial charge in [0, 0.05) is 30.2 Å². The highest BCUT2D eigenvalue weighted by atomic mass is 79.9. The van der Waals surface area contributed by atoms with Crippen LogP contribution in [0.25, 0.3) is 0 Å². The predicted octanol–water partition coefficient (Wildman–Crippen LogP) is 6.38. The van der Waals surface area contributed by atoms with E-state index in [1.807, 2.05) is 29.6 Å². The van der Waals surface area contributed by atoms with E-state index < -0.39 is 9.84 Å². The van der Waals surface area contributed by atoms with Crippen molar-refractivity contribution < 1.29 is 8.42 Å². The minimum atomic E-state index is -3.32. The van der Waals surface area contributed by atoms with Crippen molar-refractivity contribution in [3.05, 3.63) is 74.7 Å². The average Bonchev–Trinajstić information content (AvgIpc) is 3.25. The Labute approximate surface area is 205 Å². The van der Waals surface area contributed by atoms with Gasteiger partial charge in [-0.05, 0) is 48.2 Å². The molecule has 0 radical (unpaired) electrons.